The molecule has 120 valence electrons. The van der Waals surface area contributed by atoms with E-state index in [1.807, 2.05) is 18.2 Å². The summed E-state index contributed by atoms with van der Waals surface area (Å²) in [6, 6.07) is 7.24. The first kappa shape index (κ1) is 15.6. The number of carbonyl (C=O) groups excluding carboxylic acids is 1. The van der Waals surface area contributed by atoms with Crippen LogP contribution < -0.4 is 0 Å². The van der Waals surface area contributed by atoms with Crippen LogP contribution in [0.3, 0.4) is 0 Å². The van der Waals surface area contributed by atoms with Crippen LogP contribution in [0.1, 0.15) is 22.5 Å². The fourth-order valence-corrected chi connectivity index (χ4v) is 2.95. The number of carboxylic acid groups (broad SMARTS) is 1. The SMILES string of the molecule is Cc1cn(-c2ccccc2Cl)nc1C(=O)N1CCC(C(=O)O)C1. The standard InChI is InChI=1S/C16H16ClN3O3/c1-10-8-20(13-5-3-2-4-12(13)17)18-14(10)15(21)19-7-6-11(9-19)16(22)23/h2-5,8,11H,6-7,9H2,1H3,(H,22,23). The van der Waals surface area contributed by atoms with E-state index < -0.39 is 11.9 Å². The molecule has 1 aliphatic heterocycles. The normalized spacial score (nSPS) is 17.5. The van der Waals surface area contributed by atoms with Crippen molar-refractivity contribution in [1.82, 2.24) is 14.7 Å². The lowest BCUT2D eigenvalue weighted by molar-refractivity contribution is -0.141. The van der Waals surface area contributed by atoms with Gasteiger partial charge in [0.1, 0.15) is 0 Å². The molecule has 1 unspecified atom stereocenters. The van der Waals surface area contributed by atoms with E-state index in [1.165, 1.54) is 0 Å². The van der Waals surface area contributed by atoms with Gasteiger partial charge in [0.25, 0.3) is 5.91 Å². The number of para-hydroxylation sites is 1. The first-order chi connectivity index (χ1) is 11.0. The number of aromatic nitrogens is 2. The maximum Gasteiger partial charge on any atom is 0.308 e. The molecule has 0 bridgehead atoms. The number of aryl methyl sites for hydroxylation is 1. The summed E-state index contributed by atoms with van der Waals surface area (Å²) in [6.45, 7) is 2.47. The lowest BCUT2D eigenvalue weighted by Crippen LogP contribution is -2.30. The summed E-state index contributed by atoms with van der Waals surface area (Å²) < 4.78 is 1.58. The largest absolute Gasteiger partial charge is 0.481 e. The highest BCUT2D eigenvalue weighted by Gasteiger charge is 2.32. The van der Waals surface area contributed by atoms with E-state index in [-0.39, 0.29) is 12.5 Å². The Kier molecular flexibility index (Phi) is 4.09. The van der Waals surface area contributed by atoms with Gasteiger partial charge in [0, 0.05) is 24.8 Å². The van der Waals surface area contributed by atoms with Gasteiger partial charge < -0.3 is 10.0 Å². The first-order valence-corrected chi connectivity index (χ1v) is 7.68. The highest BCUT2D eigenvalue weighted by molar-refractivity contribution is 6.32. The van der Waals surface area contributed by atoms with Gasteiger partial charge in [-0.15, -0.1) is 0 Å². The monoisotopic (exact) mass is 333 g/mol. The van der Waals surface area contributed by atoms with Crippen LogP contribution in [0, 0.1) is 12.8 Å². The van der Waals surface area contributed by atoms with Crippen LogP contribution >= 0.6 is 11.6 Å². The molecule has 1 amide bonds. The third-order valence-electron chi connectivity index (χ3n) is 4.02. The Labute approximate surface area is 138 Å². The first-order valence-electron chi connectivity index (χ1n) is 7.30. The molecule has 1 N–H and O–H groups in total. The predicted molar refractivity (Wildman–Crippen MR) is 85.0 cm³/mol. The van der Waals surface area contributed by atoms with Gasteiger partial charge in [-0.05, 0) is 25.5 Å². The molecule has 1 aromatic carbocycles. The van der Waals surface area contributed by atoms with E-state index in [0.717, 1.165) is 5.56 Å². The van der Waals surface area contributed by atoms with E-state index in [2.05, 4.69) is 5.10 Å². The van der Waals surface area contributed by atoms with Crippen molar-refractivity contribution in [3.05, 3.63) is 46.7 Å². The minimum absolute atomic E-state index is 0.229. The zero-order valence-corrected chi connectivity index (χ0v) is 13.3. The van der Waals surface area contributed by atoms with Gasteiger partial charge in [-0.2, -0.15) is 5.10 Å². The van der Waals surface area contributed by atoms with E-state index in [1.54, 1.807) is 28.8 Å². The summed E-state index contributed by atoms with van der Waals surface area (Å²) in [7, 11) is 0. The third-order valence-corrected chi connectivity index (χ3v) is 4.34. The number of carboxylic acids is 1. The van der Waals surface area contributed by atoms with Crippen LogP contribution in [0.15, 0.2) is 30.5 Å². The predicted octanol–water partition coefficient (Wildman–Crippen LogP) is 2.38. The number of hydrogen-bond donors (Lipinski definition) is 1. The van der Waals surface area contributed by atoms with Crippen LogP contribution in [0.25, 0.3) is 5.69 Å². The van der Waals surface area contributed by atoms with Crippen LogP contribution in [0.2, 0.25) is 5.02 Å². The van der Waals surface area contributed by atoms with Gasteiger partial charge in [-0.3, -0.25) is 9.59 Å². The molecule has 1 aromatic heterocycles. The fraction of sp³-hybridized carbons (Fsp3) is 0.312. The molecular formula is C16H16ClN3O3. The number of rotatable bonds is 3. The zero-order chi connectivity index (χ0) is 16.6. The van der Waals surface area contributed by atoms with Gasteiger partial charge >= 0.3 is 5.97 Å². The van der Waals surface area contributed by atoms with Crippen molar-refractivity contribution in [2.45, 2.75) is 13.3 Å². The van der Waals surface area contributed by atoms with E-state index >= 15 is 0 Å². The lowest BCUT2D eigenvalue weighted by Gasteiger charge is -2.14. The van der Waals surface area contributed by atoms with Crippen LogP contribution in [-0.4, -0.2) is 44.8 Å². The summed E-state index contributed by atoms with van der Waals surface area (Å²) in [5.74, 6) is -1.60. The van der Waals surface area contributed by atoms with Gasteiger partial charge in [0.15, 0.2) is 5.69 Å². The van der Waals surface area contributed by atoms with Gasteiger partial charge in [0.05, 0.1) is 16.6 Å². The molecule has 6 nitrogen and oxygen atoms in total. The molecule has 0 aliphatic carbocycles. The fourth-order valence-electron chi connectivity index (χ4n) is 2.73. The second-order valence-electron chi connectivity index (χ2n) is 5.63. The Morgan fingerprint density at radius 3 is 2.74 bits per heavy atom. The number of hydrogen-bond acceptors (Lipinski definition) is 3. The zero-order valence-electron chi connectivity index (χ0n) is 12.6. The van der Waals surface area contributed by atoms with Crippen LogP contribution in [0.4, 0.5) is 0 Å². The summed E-state index contributed by atoms with van der Waals surface area (Å²) in [5, 5.41) is 13.9. The Balaban J connectivity index is 1.86. The Morgan fingerprint density at radius 2 is 2.09 bits per heavy atom. The van der Waals surface area contributed by atoms with Crippen LogP contribution in [0.5, 0.6) is 0 Å². The average Bonchev–Trinajstić information content (AvgIpc) is 3.14. The smallest absolute Gasteiger partial charge is 0.308 e. The molecule has 3 rings (SSSR count). The Bertz CT molecular complexity index is 772. The molecule has 0 radical (unpaired) electrons. The molecular weight excluding hydrogens is 318 g/mol. The van der Waals surface area contributed by atoms with Crippen molar-refractivity contribution in [3.63, 3.8) is 0 Å². The molecule has 1 aliphatic rings. The van der Waals surface area contributed by atoms with Crippen molar-refractivity contribution in [2.24, 2.45) is 5.92 Å². The molecule has 1 atom stereocenters. The molecule has 0 spiro atoms. The molecule has 0 saturated carbocycles. The second kappa shape index (κ2) is 6.04. The molecule has 1 saturated heterocycles. The number of likely N-dealkylation sites (tertiary alicyclic amines) is 1. The minimum atomic E-state index is -0.862. The third kappa shape index (κ3) is 2.94. The molecule has 2 heterocycles. The quantitative estimate of drug-likeness (QED) is 0.935. The Morgan fingerprint density at radius 1 is 1.35 bits per heavy atom. The summed E-state index contributed by atoms with van der Waals surface area (Å²) in [4.78, 5) is 25.2. The summed E-state index contributed by atoms with van der Waals surface area (Å²) in [6.07, 6.45) is 2.23. The molecule has 2 aromatic rings. The van der Waals surface area contributed by atoms with Crippen molar-refractivity contribution in [1.29, 1.82) is 0 Å². The number of carbonyl (C=O) groups is 2. The summed E-state index contributed by atoms with van der Waals surface area (Å²) in [5.41, 5.74) is 1.76. The lowest BCUT2D eigenvalue weighted by atomic mass is 10.1. The maximum atomic E-state index is 12.6. The van der Waals surface area contributed by atoms with Gasteiger partial charge in [0.2, 0.25) is 0 Å². The van der Waals surface area contributed by atoms with Crippen LogP contribution in [-0.2, 0) is 4.79 Å². The van der Waals surface area contributed by atoms with E-state index in [4.69, 9.17) is 16.7 Å². The average molecular weight is 334 g/mol. The second-order valence-corrected chi connectivity index (χ2v) is 6.04. The van der Waals surface area contributed by atoms with Crippen molar-refractivity contribution >= 4 is 23.5 Å². The van der Waals surface area contributed by atoms with E-state index in [9.17, 15) is 9.59 Å². The van der Waals surface area contributed by atoms with Crippen molar-refractivity contribution in [3.8, 4) is 5.69 Å². The van der Waals surface area contributed by atoms with Crippen molar-refractivity contribution < 1.29 is 14.7 Å². The number of halogens is 1. The highest BCUT2D eigenvalue weighted by Crippen LogP contribution is 2.23. The number of amides is 1. The molecule has 23 heavy (non-hydrogen) atoms. The topological polar surface area (TPSA) is 75.4 Å². The minimum Gasteiger partial charge on any atom is -0.481 e. The highest BCUT2D eigenvalue weighted by atomic mass is 35.5. The number of nitrogens with zero attached hydrogens (tertiary/aromatic N) is 3. The molecule has 7 heteroatoms. The number of aliphatic carboxylic acids is 1. The Hall–Kier alpha value is -2.34. The van der Waals surface area contributed by atoms with Crippen molar-refractivity contribution in [2.75, 3.05) is 13.1 Å². The molecule has 1 fully saturated rings. The van der Waals surface area contributed by atoms with Gasteiger partial charge in [-0.1, -0.05) is 23.7 Å². The number of benzene rings is 1. The maximum absolute atomic E-state index is 12.6. The van der Waals surface area contributed by atoms with E-state index in [0.29, 0.717) is 29.4 Å². The summed E-state index contributed by atoms with van der Waals surface area (Å²) >= 11 is 6.16. The van der Waals surface area contributed by atoms with Gasteiger partial charge in [-0.25, -0.2) is 4.68 Å².